The number of methoxy groups -OCH3 is 1. The van der Waals surface area contributed by atoms with Gasteiger partial charge in [-0.2, -0.15) is 5.26 Å². The van der Waals surface area contributed by atoms with Gasteiger partial charge in [-0.05, 0) is 12.1 Å². The number of phenols is 2. The molecule has 0 saturated heterocycles. The van der Waals surface area contributed by atoms with Gasteiger partial charge in [0.2, 0.25) is 0 Å². The lowest BCUT2D eigenvalue weighted by molar-refractivity contribution is 0.0596. The second-order valence-corrected chi connectivity index (χ2v) is 2.46. The molecule has 5 heteroatoms. The molecule has 14 heavy (non-hydrogen) atoms. The van der Waals surface area contributed by atoms with Crippen molar-refractivity contribution in [3.63, 3.8) is 0 Å². The molecule has 0 fully saturated rings. The number of benzene rings is 1. The van der Waals surface area contributed by atoms with E-state index in [9.17, 15) is 15.0 Å². The molecule has 72 valence electrons. The van der Waals surface area contributed by atoms with Crippen LogP contribution < -0.4 is 0 Å². The van der Waals surface area contributed by atoms with E-state index in [1.54, 1.807) is 6.07 Å². The molecule has 5 nitrogen and oxygen atoms in total. The van der Waals surface area contributed by atoms with Crippen LogP contribution in [0.3, 0.4) is 0 Å². The van der Waals surface area contributed by atoms with Crippen LogP contribution in [0.1, 0.15) is 15.9 Å². The number of nitrogens with zero attached hydrogens (tertiary/aromatic N) is 1. The number of hydrogen-bond donors (Lipinski definition) is 2. The fourth-order valence-electron chi connectivity index (χ4n) is 1.00. The number of nitriles is 1. The molecule has 0 radical (unpaired) electrons. The van der Waals surface area contributed by atoms with E-state index in [1.165, 1.54) is 0 Å². The lowest BCUT2D eigenvalue weighted by Gasteiger charge is -2.05. The molecule has 1 rings (SSSR count). The molecule has 0 heterocycles. The normalized spacial score (nSPS) is 9.14. The highest BCUT2D eigenvalue weighted by molar-refractivity contribution is 5.96. The minimum absolute atomic E-state index is 0.295. The Kier molecular flexibility index (Phi) is 2.58. The topological polar surface area (TPSA) is 90.6 Å². The zero-order valence-electron chi connectivity index (χ0n) is 7.31. The summed E-state index contributed by atoms with van der Waals surface area (Å²) >= 11 is 0. The number of esters is 1. The Labute approximate surface area is 79.8 Å². The minimum Gasteiger partial charge on any atom is -0.507 e. The Morgan fingerprint density at radius 1 is 1.43 bits per heavy atom. The zero-order chi connectivity index (χ0) is 10.7. The highest BCUT2D eigenvalue weighted by atomic mass is 16.5. The average molecular weight is 193 g/mol. The smallest absolute Gasteiger partial charge is 0.343 e. The van der Waals surface area contributed by atoms with Gasteiger partial charge in [0.25, 0.3) is 0 Å². The molecule has 0 atom stereocenters. The van der Waals surface area contributed by atoms with Crippen molar-refractivity contribution >= 4 is 5.97 Å². The van der Waals surface area contributed by atoms with Crippen molar-refractivity contribution in [1.82, 2.24) is 0 Å². The van der Waals surface area contributed by atoms with Crippen molar-refractivity contribution in [2.75, 3.05) is 7.11 Å². The van der Waals surface area contributed by atoms with E-state index < -0.39 is 11.7 Å². The summed E-state index contributed by atoms with van der Waals surface area (Å²) in [4.78, 5) is 11.1. The molecule has 1 aromatic rings. The number of hydrogen-bond acceptors (Lipinski definition) is 5. The maximum atomic E-state index is 11.1. The van der Waals surface area contributed by atoms with Crippen LogP contribution in [-0.4, -0.2) is 23.3 Å². The first-order chi connectivity index (χ1) is 6.61. The molecule has 0 aliphatic heterocycles. The molecule has 0 spiro atoms. The molecule has 0 amide bonds. The van der Waals surface area contributed by atoms with Crippen molar-refractivity contribution in [3.8, 4) is 17.6 Å². The summed E-state index contributed by atoms with van der Waals surface area (Å²) in [5, 5.41) is 27.1. The van der Waals surface area contributed by atoms with Gasteiger partial charge in [0.1, 0.15) is 28.7 Å². The third-order valence-electron chi connectivity index (χ3n) is 1.66. The number of ether oxygens (including phenoxy) is 1. The fraction of sp³-hybridized carbons (Fsp3) is 0.111. The highest BCUT2D eigenvalue weighted by Gasteiger charge is 2.19. The molecular weight excluding hydrogens is 186 g/mol. The third-order valence-corrected chi connectivity index (χ3v) is 1.66. The van der Waals surface area contributed by atoms with Gasteiger partial charge < -0.3 is 14.9 Å². The van der Waals surface area contributed by atoms with Crippen LogP contribution in [0.2, 0.25) is 0 Å². The van der Waals surface area contributed by atoms with Crippen LogP contribution in [-0.2, 0) is 4.74 Å². The Balaban J connectivity index is 3.47. The molecule has 0 aromatic heterocycles. The number of aromatic hydroxyl groups is 2. The molecular formula is C9H7NO4. The number of carbonyl (C=O) groups excluding carboxylic acids is 1. The summed E-state index contributed by atoms with van der Waals surface area (Å²) in [5.74, 6) is -1.63. The van der Waals surface area contributed by atoms with Crippen molar-refractivity contribution in [2.24, 2.45) is 0 Å². The lowest BCUT2D eigenvalue weighted by atomic mass is 10.1. The van der Waals surface area contributed by atoms with Crippen LogP contribution in [0.5, 0.6) is 11.5 Å². The summed E-state index contributed by atoms with van der Waals surface area (Å²) in [5.41, 5.74) is -0.619. The fourth-order valence-corrected chi connectivity index (χ4v) is 1.00. The first-order valence-corrected chi connectivity index (χ1v) is 3.65. The van der Waals surface area contributed by atoms with Crippen LogP contribution in [0, 0.1) is 11.3 Å². The summed E-state index contributed by atoms with van der Waals surface area (Å²) < 4.78 is 4.35. The third kappa shape index (κ3) is 1.45. The van der Waals surface area contributed by atoms with E-state index in [4.69, 9.17) is 5.26 Å². The second kappa shape index (κ2) is 3.66. The van der Waals surface area contributed by atoms with Crippen molar-refractivity contribution in [2.45, 2.75) is 0 Å². The SMILES string of the molecule is COC(=O)c1c(O)ccc(O)c1C#N. The lowest BCUT2D eigenvalue weighted by Crippen LogP contribution is -2.04. The standard InChI is InChI=1S/C9H7NO4/c1-14-9(13)8-5(4-10)6(11)2-3-7(8)12/h2-3,11-12H,1H3. The summed E-state index contributed by atoms with van der Waals surface area (Å²) in [6.45, 7) is 0. The van der Waals surface area contributed by atoms with Gasteiger partial charge >= 0.3 is 5.97 Å². The van der Waals surface area contributed by atoms with Gasteiger partial charge in [-0.3, -0.25) is 0 Å². The first kappa shape index (κ1) is 9.86. The van der Waals surface area contributed by atoms with E-state index in [0.29, 0.717) is 0 Å². The van der Waals surface area contributed by atoms with Gasteiger partial charge in [0.05, 0.1) is 7.11 Å². The number of rotatable bonds is 1. The second-order valence-electron chi connectivity index (χ2n) is 2.46. The van der Waals surface area contributed by atoms with Gasteiger partial charge in [-0.15, -0.1) is 0 Å². The van der Waals surface area contributed by atoms with Crippen molar-refractivity contribution in [1.29, 1.82) is 5.26 Å². The van der Waals surface area contributed by atoms with Crippen LogP contribution >= 0.6 is 0 Å². The van der Waals surface area contributed by atoms with Crippen LogP contribution in [0.15, 0.2) is 12.1 Å². The minimum atomic E-state index is -0.866. The first-order valence-electron chi connectivity index (χ1n) is 3.65. The largest absolute Gasteiger partial charge is 0.507 e. The van der Waals surface area contributed by atoms with Crippen LogP contribution in [0.4, 0.5) is 0 Å². The highest BCUT2D eigenvalue weighted by Crippen LogP contribution is 2.28. The predicted molar refractivity (Wildman–Crippen MR) is 45.8 cm³/mol. The molecule has 2 N–H and O–H groups in total. The molecule has 0 unspecified atom stereocenters. The predicted octanol–water partition coefficient (Wildman–Crippen LogP) is 0.756. The summed E-state index contributed by atoms with van der Waals surface area (Å²) in [6.07, 6.45) is 0. The molecule has 0 bridgehead atoms. The Morgan fingerprint density at radius 3 is 2.50 bits per heavy atom. The Bertz CT molecular complexity index is 420. The molecule has 0 aliphatic carbocycles. The van der Waals surface area contributed by atoms with Crippen molar-refractivity contribution in [3.05, 3.63) is 23.3 Å². The van der Waals surface area contributed by atoms with E-state index in [0.717, 1.165) is 19.2 Å². The van der Waals surface area contributed by atoms with E-state index in [2.05, 4.69) is 4.74 Å². The molecule has 0 aliphatic rings. The Morgan fingerprint density at radius 2 is 2.00 bits per heavy atom. The maximum absolute atomic E-state index is 11.1. The maximum Gasteiger partial charge on any atom is 0.343 e. The molecule has 0 saturated carbocycles. The van der Waals surface area contributed by atoms with E-state index in [-0.39, 0.29) is 16.9 Å². The quantitative estimate of drug-likeness (QED) is 0.507. The van der Waals surface area contributed by atoms with Gasteiger partial charge in [-0.25, -0.2) is 4.79 Å². The zero-order valence-corrected chi connectivity index (χ0v) is 7.31. The summed E-state index contributed by atoms with van der Waals surface area (Å²) in [7, 11) is 1.12. The van der Waals surface area contributed by atoms with Crippen molar-refractivity contribution < 1.29 is 19.7 Å². The van der Waals surface area contributed by atoms with E-state index >= 15 is 0 Å². The van der Waals surface area contributed by atoms with E-state index in [1.807, 2.05) is 0 Å². The molecule has 1 aromatic carbocycles. The van der Waals surface area contributed by atoms with Gasteiger partial charge in [-0.1, -0.05) is 0 Å². The average Bonchev–Trinajstić information content (AvgIpc) is 2.19. The van der Waals surface area contributed by atoms with Gasteiger partial charge in [0.15, 0.2) is 0 Å². The number of carbonyl (C=O) groups is 1. The monoisotopic (exact) mass is 193 g/mol. The summed E-state index contributed by atoms with van der Waals surface area (Å²) in [6, 6.07) is 3.85. The number of phenolic OH excluding ortho intramolecular Hbond substituents is 2. The van der Waals surface area contributed by atoms with Gasteiger partial charge in [0, 0.05) is 0 Å². The van der Waals surface area contributed by atoms with Crippen LogP contribution in [0.25, 0.3) is 0 Å². The Hall–Kier alpha value is -2.22.